The molecule has 2 aromatic rings. The van der Waals surface area contributed by atoms with Gasteiger partial charge in [-0.2, -0.15) is 0 Å². The van der Waals surface area contributed by atoms with E-state index in [1.54, 1.807) is 0 Å². The molecule has 0 aliphatic carbocycles. The van der Waals surface area contributed by atoms with E-state index in [1.807, 2.05) is 18.2 Å². The lowest BCUT2D eigenvalue weighted by atomic mass is 10.1. The molecule has 1 heterocycles. The standard InChI is InChI=1S/C18H27NO3Si/c1-18(2,3)23(4,5)22-9-8-15-12-14-10-13(11-17(20)21)6-7-16(14)19-15/h6-7,10,12,19H,8-9,11H2,1-5H3,(H,20,21)/p-1. The zero-order valence-corrected chi connectivity index (χ0v) is 15.7. The largest absolute Gasteiger partial charge is 0.550 e. The summed E-state index contributed by atoms with van der Waals surface area (Å²) in [5, 5.41) is 11.9. The van der Waals surface area contributed by atoms with Crippen LogP contribution in [0.25, 0.3) is 10.9 Å². The highest BCUT2D eigenvalue weighted by Crippen LogP contribution is 2.36. The summed E-state index contributed by atoms with van der Waals surface area (Å²) in [6, 6.07) is 7.72. The minimum absolute atomic E-state index is 0.0507. The Bertz CT molecular complexity index is 698. The second-order valence-electron chi connectivity index (χ2n) is 7.62. The Morgan fingerprint density at radius 3 is 2.57 bits per heavy atom. The van der Waals surface area contributed by atoms with E-state index in [4.69, 9.17) is 4.43 Å². The highest BCUT2D eigenvalue weighted by atomic mass is 28.4. The molecule has 0 saturated carbocycles. The van der Waals surface area contributed by atoms with Crippen LogP contribution in [-0.2, 0) is 22.1 Å². The van der Waals surface area contributed by atoms with Gasteiger partial charge in [-0.3, -0.25) is 0 Å². The molecule has 2 rings (SSSR count). The zero-order chi connectivity index (χ0) is 17.3. The summed E-state index contributed by atoms with van der Waals surface area (Å²) in [7, 11) is -1.71. The summed E-state index contributed by atoms with van der Waals surface area (Å²) in [6.45, 7) is 11.9. The molecule has 0 saturated heterocycles. The van der Waals surface area contributed by atoms with Gasteiger partial charge in [0, 0.05) is 36.6 Å². The molecule has 4 nitrogen and oxygen atoms in total. The molecule has 23 heavy (non-hydrogen) atoms. The van der Waals surface area contributed by atoms with Crippen molar-refractivity contribution in [1.82, 2.24) is 4.98 Å². The Labute approximate surface area is 139 Å². The van der Waals surface area contributed by atoms with Crippen molar-refractivity contribution in [3.63, 3.8) is 0 Å². The number of aliphatic carboxylic acids is 1. The summed E-state index contributed by atoms with van der Waals surface area (Å²) in [4.78, 5) is 14.1. The van der Waals surface area contributed by atoms with Gasteiger partial charge in [-0.1, -0.05) is 26.8 Å². The van der Waals surface area contributed by atoms with E-state index in [9.17, 15) is 9.90 Å². The smallest absolute Gasteiger partial charge is 0.191 e. The number of aromatic amines is 1. The lowest BCUT2D eigenvalue weighted by Crippen LogP contribution is -2.41. The Balaban J connectivity index is 2.03. The van der Waals surface area contributed by atoms with Gasteiger partial charge in [0.05, 0.1) is 0 Å². The third-order valence-corrected chi connectivity index (χ3v) is 9.27. The Kier molecular flexibility index (Phi) is 5.01. The van der Waals surface area contributed by atoms with Crippen molar-refractivity contribution in [2.45, 2.75) is 51.7 Å². The molecule has 1 aromatic heterocycles. The van der Waals surface area contributed by atoms with Crippen LogP contribution in [0.5, 0.6) is 0 Å². The third kappa shape index (κ3) is 4.45. The molecule has 0 amide bonds. The van der Waals surface area contributed by atoms with Gasteiger partial charge in [0.1, 0.15) is 0 Å². The molecule has 0 radical (unpaired) electrons. The summed E-state index contributed by atoms with van der Waals surface area (Å²) in [5.41, 5.74) is 2.90. The number of aromatic nitrogens is 1. The number of carboxylic acids is 1. The van der Waals surface area contributed by atoms with Crippen LogP contribution in [0.4, 0.5) is 0 Å². The van der Waals surface area contributed by atoms with E-state index in [-0.39, 0.29) is 11.5 Å². The first kappa shape index (κ1) is 17.8. The molecular formula is C18H26NO3Si-. The molecule has 0 atom stereocenters. The molecule has 0 unspecified atom stereocenters. The van der Waals surface area contributed by atoms with Gasteiger partial charge >= 0.3 is 0 Å². The van der Waals surface area contributed by atoms with Crippen molar-refractivity contribution >= 4 is 25.2 Å². The van der Waals surface area contributed by atoms with E-state index in [1.165, 1.54) is 0 Å². The average molecular weight is 332 g/mol. The second kappa shape index (κ2) is 6.49. The van der Waals surface area contributed by atoms with E-state index in [0.717, 1.165) is 28.6 Å². The number of hydrogen-bond donors (Lipinski definition) is 1. The zero-order valence-electron chi connectivity index (χ0n) is 14.7. The van der Waals surface area contributed by atoms with Gasteiger partial charge in [-0.25, -0.2) is 0 Å². The van der Waals surface area contributed by atoms with Crippen molar-refractivity contribution in [2.75, 3.05) is 6.61 Å². The molecule has 0 fully saturated rings. The number of fused-ring (bicyclic) bond motifs is 1. The Hall–Kier alpha value is -1.59. The van der Waals surface area contributed by atoms with Crippen molar-refractivity contribution in [2.24, 2.45) is 0 Å². The summed E-state index contributed by atoms with van der Waals surface area (Å²) in [6.07, 6.45) is 0.780. The minimum atomic E-state index is -1.71. The maximum atomic E-state index is 10.7. The quantitative estimate of drug-likeness (QED) is 0.827. The monoisotopic (exact) mass is 332 g/mol. The molecule has 126 valence electrons. The van der Waals surface area contributed by atoms with E-state index in [2.05, 4.69) is 44.9 Å². The van der Waals surface area contributed by atoms with Gasteiger partial charge in [0.2, 0.25) is 0 Å². The van der Waals surface area contributed by atoms with Gasteiger partial charge in [-0.15, -0.1) is 0 Å². The molecule has 1 aromatic carbocycles. The highest BCUT2D eigenvalue weighted by Gasteiger charge is 2.36. The first-order valence-electron chi connectivity index (χ1n) is 8.03. The Morgan fingerprint density at radius 2 is 1.96 bits per heavy atom. The van der Waals surface area contributed by atoms with Crippen molar-refractivity contribution in [3.05, 3.63) is 35.5 Å². The first-order valence-corrected chi connectivity index (χ1v) is 10.9. The SMILES string of the molecule is CC(C)(C)[Si](C)(C)OCCc1cc2cc(CC(=O)[O-])ccc2[nH]1. The number of benzene rings is 1. The lowest BCUT2D eigenvalue weighted by Gasteiger charge is -2.36. The molecule has 0 aliphatic heterocycles. The lowest BCUT2D eigenvalue weighted by molar-refractivity contribution is -0.304. The van der Waals surface area contributed by atoms with Crippen LogP contribution in [-0.4, -0.2) is 25.9 Å². The maximum Gasteiger partial charge on any atom is 0.191 e. The van der Waals surface area contributed by atoms with Crippen molar-refractivity contribution < 1.29 is 14.3 Å². The van der Waals surface area contributed by atoms with Crippen LogP contribution < -0.4 is 5.11 Å². The number of H-pyrrole nitrogens is 1. The molecular weight excluding hydrogens is 306 g/mol. The van der Waals surface area contributed by atoms with Crippen LogP contribution in [0.3, 0.4) is 0 Å². The van der Waals surface area contributed by atoms with Crippen molar-refractivity contribution in [3.8, 4) is 0 Å². The minimum Gasteiger partial charge on any atom is -0.550 e. The van der Waals surface area contributed by atoms with E-state index < -0.39 is 14.3 Å². The predicted octanol–water partition coefficient (Wildman–Crippen LogP) is 3.02. The number of nitrogens with one attached hydrogen (secondary N) is 1. The fraction of sp³-hybridized carbons (Fsp3) is 0.500. The van der Waals surface area contributed by atoms with Gasteiger partial charge < -0.3 is 19.3 Å². The van der Waals surface area contributed by atoms with Crippen molar-refractivity contribution in [1.29, 1.82) is 0 Å². The Morgan fingerprint density at radius 1 is 1.26 bits per heavy atom. The average Bonchev–Trinajstić information content (AvgIpc) is 2.78. The topological polar surface area (TPSA) is 65.2 Å². The fourth-order valence-corrected chi connectivity index (χ4v) is 3.33. The first-order chi connectivity index (χ1) is 10.6. The summed E-state index contributed by atoms with van der Waals surface area (Å²) < 4.78 is 6.20. The maximum absolute atomic E-state index is 10.7. The molecule has 0 aliphatic rings. The van der Waals surface area contributed by atoms with Gasteiger partial charge in [0.15, 0.2) is 8.32 Å². The van der Waals surface area contributed by atoms with E-state index >= 15 is 0 Å². The predicted molar refractivity (Wildman–Crippen MR) is 93.9 cm³/mol. The summed E-state index contributed by atoms with van der Waals surface area (Å²) >= 11 is 0. The van der Waals surface area contributed by atoms with Gasteiger partial charge in [0.25, 0.3) is 0 Å². The number of rotatable bonds is 6. The molecule has 1 N–H and O–H groups in total. The normalized spacial score (nSPS) is 12.7. The summed E-state index contributed by atoms with van der Waals surface area (Å²) in [5.74, 6) is -1.05. The van der Waals surface area contributed by atoms with Crippen LogP contribution >= 0.6 is 0 Å². The number of carboxylic acid groups (broad SMARTS) is 1. The van der Waals surface area contributed by atoms with Crippen LogP contribution in [0.1, 0.15) is 32.0 Å². The number of carbonyl (C=O) groups excluding carboxylic acids is 1. The van der Waals surface area contributed by atoms with E-state index in [0.29, 0.717) is 6.61 Å². The molecule has 0 spiro atoms. The molecule has 0 bridgehead atoms. The highest BCUT2D eigenvalue weighted by molar-refractivity contribution is 6.74. The van der Waals surface area contributed by atoms with Crippen LogP contribution in [0.15, 0.2) is 24.3 Å². The number of hydrogen-bond acceptors (Lipinski definition) is 3. The third-order valence-electron chi connectivity index (χ3n) is 4.73. The fourth-order valence-electron chi connectivity index (χ4n) is 2.29. The second-order valence-corrected chi connectivity index (χ2v) is 12.4. The molecule has 5 heteroatoms. The number of carbonyl (C=O) groups is 1. The van der Waals surface area contributed by atoms with Crippen LogP contribution in [0, 0.1) is 0 Å². The van der Waals surface area contributed by atoms with Gasteiger partial charge in [-0.05, 0) is 47.3 Å². The van der Waals surface area contributed by atoms with Crippen LogP contribution in [0.2, 0.25) is 18.1 Å².